The van der Waals surface area contributed by atoms with E-state index in [4.69, 9.17) is 9.29 Å². The van der Waals surface area contributed by atoms with E-state index in [1.165, 1.54) is 0 Å². The lowest BCUT2D eigenvalue weighted by atomic mass is 9.93. The van der Waals surface area contributed by atoms with Gasteiger partial charge in [-0.3, -0.25) is 4.55 Å². The SMILES string of the molecule is CS(=O)(=O)O.O=C(OC1Cc2ccccc2C1)N1CC[C@H](CNc2ncccn2)C(F)(F)C1. The highest BCUT2D eigenvalue weighted by Crippen LogP contribution is 2.34. The van der Waals surface area contributed by atoms with E-state index in [1.54, 1.807) is 18.5 Å². The van der Waals surface area contributed by atoms with E-state index in [2.05, 4.69) is 15.3 Å². The topological polar surface area (TPSA) is 122 Å². The standard InChI is InChI=1S/C20H22F2N4O2.CH4O3S/c21-20(22)13-26(9-6-16(20)12-25-18-23-7-3-8-24-18)19(27)28-17-10-14-4-1-2-5-15(14)11-17;1-5(2,3)4/h1-5,7-8,16-17H,6,9-13H2,(H,23,24,25);1H3,(H,2,3,4)/t16-;/m1./s1. The van der Waals surface area contributed by atoms with E-state index in [0.717, 1.165) is 16.0 Å². The molecule has 33 heavy (non-hydrogen) atoms. The van der Waals surface area contributed by atoms with Gasteiger partial charge in [0.25, 0.3) is 16.0 Å². The number of benzene rings is 1. The van der Waals surface area contributed by atoms with Crippen molar-refractivity contribution in [3.05, 3.63) is 53.9 Å². The van der Waals surface area contributed by atoms with Gasteiger partial charge in [0, 0.05) is 44.2 Å². The van der Waals surface area contributed by atoms with E-state index >= 15 is 0 Å². The molecule has 1 saturated heterocycles. The Labute approximate surface area is 190 Å². The van der Waals surface area contributed by atoms with Crippen molar-refractivity contribution >= 4 is 22.2 Å². The van der Waals surface area contributed by atoms with Crippen LogP contribution in [-0.2, 0) is 27.7 Å². The number of halogens is 2. The Morgan fingerprint density at radius 3 is 2.33 bits per heavy atom. The van der Waals surface area contributed by atoms with Crippen LogP contribution in [0.1, 0.15) is 17.5 Å². The average molecular weight is 485 g/mol. The van der Waals surface area contributed by atoms with Crippen LogP contribution in [0.25, 0.3) is 0 Å². The molecule has 1 aliphatic heterocycles. The van der Waals surface area contributed by atoms with Crippen molar-refractivity contribution in [1.29, 1.82) is 0 Å². The summed E-state index contributed by atoms with van der Waals surface area (Å²) in [5, 5.41) is 2.85. The van der Waals surface area contributed by atoms with Crippen LogP contribution in [0.2, 0.25) is 0 Å². The zero-order valence-corrected chi connectivity index (χ0v) is 18.8. The van der Waals surface area contributed by atoms with E-state index < -0.39 is 34.6 Å². The van der Waals surface area contributed by atoms with Gasteiger partial charge >= 0.3 is 6.09 Å². The number of anilines is 1. The molecule has 0 radical (unpaired) electrons. The van der Waals surface area contributed by atoms with Gasteiger partial charge in [0.15, 0.2) is 0 Å². The number of aromatic nitrogens is 2. The maximum Gasteiger partial charge on any atom is 0.410 e. The molecule has 9 nitrogen and oxygen atoms in total. The molecule has 1 aromatic heterocycles. The molecular formula is C21H26F2N4O5S. The lowest BCUT2D eigenvalue weighted by Gasteiger charge is -2.38. The smallest absolute Gasteiger partial charge is 0.410 e. The lowest BCUT2D eigenvalue weighted by Crippen LogP contribution is -2.53. The number of nitrogens with zero attached hydrogens (tertiary/aromatic N) is 3. The summed E-state index contributed by atoms with van der Waals surface area (Å²) < 4.78 is 60.5. The van der Waals surface area contributed by atoms with Crippen molar-refractivity contribution in [2.24, 2.45) is 5.92 Å². The van der Waals surface area contributed by atoms with Crippen molar-refractivity contribution in [1.82, 2.24) is 14.9 Å². The highest BCUT2D eigenvalue weighted by atomic mass is 32.2. The molecule has 0 unspecified atom stereocenters. The van der Waals surface area contributed by atoms with Crippen LogP contribution in [-0.4, -0.2) is 71.8 Å². The first-order valence-electron chi connectivity index (χ1n) is 10.3. The molecule has 12 heteroatoms. The molecular weight excluding hydrogens is 458 g/mol. The van der Waals surface area contributed by atoms with Crippen molar-refractivity contribution in [3.8, 4) is 0 Å². The predicted octanol–water partition coefficient (Wildman–Crippen LogP) is 2.65. The third-order valence-corrected chi connectivity index (χ3v) is 5.36. The zero-order valence-electron chi connectivity index (χ0n) is 18.0. The summed E-state index contributed by atoms with van der Waals surface area (Å²) in [5.41, 5.74) is 2.30. The predicted molar refractivity (Wildman–Crippen MR) is 117 cm³/mol. The molecule has 2 aromatic rings. The van der Waals surface area contributed by atoms with Gasteiger partial charge in [-0.1, -0.05) is 24.3 Å². The second-order valence-corrected chi connectivity index (χ2v) is 9.50. The Balaban J connectivity index is 0.000000555. The van der Waals surface area contributed by atoms with Gasteiger partial charge in [0.2, 0.25) is 5.95 Å². The van der Waals surface area contributed by atoms with Crippen molar-refractivity contribution in [3.63, 3.8) is 0 Å². The van der Waals surface area contributed by atoms with Crippen molar-refractivity contribution < 1.29 is 31.3 Å². The molecule has 0 bridgehead atoms. The third kappa shape index (κ3) is 7.60. The van der Waals surface area contributed by atoms with E-state index in [9.17, 15) is 22.0 Å². The Morgan fingerprint density at radius 2 is 1.79 bits per heavy atom. The monoisotopic (exact) mass is 484 g/mol. The summed E-state index contributed by atoms with van der Waals surface area (Å²) in [6, 6.07) is 9.57. The summed E-state index contributed by atoms with van der Waals surface area (Å²) in [5.74, 6) is -3.57. The van der Waals surface area contributed by atoms with Crippen molar-refractivity contribution in [2.75, 3.05) is 31.2 Å². The Bertz CT molecular complexity index is 1020. The molecule has 0 spiro atoms. The molecule has 0 saturated carbocycles. The van der Waals surface area contributed by atoms with Crippen LogP contribution in [0.15, 0.2) is 42.7 Å². The van der Waals surface area contributed by atoms with Gasteiger partial charge in [-0.15, -0.1) is 0 Å². The molecule has 1 fully saturated rings. The van der Waals surface area contributed by atoms with E-state index in [1.807, 2.05) is 24.3 Å². The van der Waals surface area contributed by atoms with Crippen LogP contribution in [0.3, 0.4) is 0 Å². The number of amides is 1. The molecule has 2 N–H and O–H groups in total. The fourth-order valence-electron chi connectivity index (χ4n) is 3.82. The minimum atomic E-state index is -3.67. The maximum atomic E-state index is 14.6. The van der Waals surface area contributed by atoms with Gasteiger partial charge in [0.1, 0.15) is 6.10 Å². The number of ether oxygens (including phenoxy) is 1. The van der Waals surface area contributed by atoms with Gasteiger partial charge in [-0.25, -0.2) is 23.5 Å². The first kappa shape index (κ1) is 24.8. The van der Waals surface area contributed by atoms with E-state index in [0.29, 0.717) is 25.0 Å². The van der Waals surface area contributed by atoms with Gasteiger partial charge in [0.05, 0.1) is 12.8 Å². The number of rotatable bonds is 4. The summed E-state index contributed by atoms with van der Waals surface area (Å²) in [6.45, 7) is -0.332. The van der Waals surface area contributed by atoms with Crippen LogP contribution < -0.4 is 5.32 Å². The zero-order chi connectivity index (χ0) is 24.1. The van der Waals surface area contributed by atoms with E-state index in [-0.39, 0.29) is 25.6 Å². The summed E-state index contributed by atoms with van der Waals surface area (Å²) >= 11 is 0. The molecule has 1 aromatic carbocycles. The number of carbonyl (C=O) groups excluding carboxylic acids is 1. The minimum absolute atomic E-state index is 0.0534. The number of nitrogens with one attached hydrogen (secondary N) is 1. The number of hydrogen-bond acceptors (Lipinski definition) is 7. The fraction of sp³-hybridized carbons (Fsp3) is 0.476. The molecule has 1 aliphatic carbocycles. The normalized spacial score (nSPS) is 19.8. The minimum Gasteiger partial charge on any atom is -0.445 e. The molecule has 2 heterocycles. The number of carbonyl (C=O) groups is 1. The van der Waals surface area contributed by atoms with Gasteiger partial charge in [-0.2, -0.15) is 8.42 Å². The number of alkyl halides is 2. The second kappa shape index (κ2) is 10.4. The highest BCUT2D eigenvalue weighted by Gasteiger charge is 2.46. The summed E-state index contributed by atoms with van der Waals surface area (Å²) in [6.07, 6.45) is 4.33. The van der Waals surface area contributed by atoms with Crippen LogP contribution in [0.5, 0.6) is 0 Å². The number of hydrogen-bond donors (Lipinski definition) is 2. The average Bonchev–Trinajstić information content (AvgIpc) is 3.14. The third-order valence-electron chi connectivity index (χ3n) is 5.36. The fourth-order valence-corrected chi connectivity index (χ4v) is 3.82. The van der Waals surface area contributed by atoms with Crippen molar-refractivity contribution in [2.45, 2.75) is 31.3 Å². The lowest BCUT2D eigenvalue weighted by molar-refractivity contribution is -0.103. The second-order valence-electron chi connectivity index (χ2n) is 8.04. The summed E-state index contributed by atoms with van der Waals surface area (Å²) in [4.78, 5) is 21.5. The number of fused-ring (bicyclic) bond motifs is 1. The van der Waals surface area contributed by atoms with Crippen LogP contribution in [0.4, 0.5) is 19.5 Å². The van der Waals surface area contributed by atoms with Crippen LogP contribution in [0, 0.1) is 5.92 Å². The Kier molecular flexibility index (Phi) is 7.80. The molecule has 1 atom stereocenters. The first-order chi connectivity index (χ1) is 15.5. The summed E-state index contributed by atoms with van der Waals surface area (Å²) in [7, 11) is -3.67. The number of likely N-dealkylation sites (tertiary alicyclic amines) is 1. The molecule has 1 amide bonds. The van der Waals surface area contributed by atoms with Crippen LogP contribution >= 0.6 is 0 Å². The van der Waals surface area contributed by atoms with Gasteiger partial charge in [-0.05, 0) is 23.6 Å². The Hall–Kier alpha value is -2.86. The van der Waals surface area contributed by atoms with Gasteiger partial charge < -0.3 is 15.0 Å². The molecule has 4 rings (SSSR count). The number of piperidine rings is 1. The first-order valence-corrected chi connectivity index (χ1v) is 12.2. The molecule has 2 aliphatic rings. The molecule has 180 valence electrons. The highest BCUT2D eigenvalue weighted by molar-refractivity contribution is 7.85. The maximum absolute atomic E-state index is 14.6. The largest absolute Gasteiger partial charge is 0.445 e. The Morgan fingerprint density at radius 1 is 1.21 bits per heavy atom. The quantitative estimate of drug-likeness (QED) is 0.636.